The minimum absolute atomic E-state index is 0.0458. The molecule has 2 aliphatic heterocycles. The lowest BCUT2D eigenvalue weighted by atomic mass is 9.96. The molecule has 0 unspecified atom stereocenters. The molecule has 2 aliphatic rings. The fourth-order valence-electron chi connectivity index (χ4n) is 7.47. The third-order valence-corrected chi connectivity index (χ3v) is 14.0. The second-order valence-electron chi connectivity index (χ2n) is 17.6. The van der Waals surface area contributed by atoms with Crippen molar-refractivity contribution in [2.45, 2.75) is 127 Å². The van der Waals surface area contributed by atoms with E-state index in [1.54, 1.807) is 38.1 Å². The van der Waals surface area contributed by atoms with Crippen molar-refractivity contribution in [2.24, 2.45) is 34.8 Å². The van der Waals surface area contributed by atoms with Crippen molar-refractivity contribution in [3.8, 4) is 5.75 Å². The van der Waals surface area contributed by atoms with Gasteiger partial charge in [0.1, 0.15) is 48.0 Å². The van der Waals surface area contributed by atoms with Crippen molar-refractivity contribution in [3.63, 3.8) is 0 Å². The smallest absolute Gasteiger partial charge is 0.246 e. The summed E-state index contributed by atoms with van der Waals surface area (Å²) in [6.07, 6.45) is -0.578. The number of ether oxygens (including phenoxy) is 1. The van der Waals surface area contributed by atoms with Crippen LogP contribution in [0.15, 0.2) is 24.3 Å². The van der Waals surface area contributed by atoms with Crippen LogP contribution in [0.2, 0.25) is 0 Å². The summed E-state index contributed by atoms with van der Waals surface area (Å²) in [6.45, 7) is 6.65. The lowest BCUT2D eigenvalue weighted by molar-refractivity contribution is -0.142. The van der Waals surface area contributed by atoms with Gasteiger partial charge < -0.3 is 69.8 Å². The number of carbonyl (C=O) groups is 11. The maximum atomic E-state index is 14.5. The zero-order chi connectivity index (χ0) is 52.2. The number of amides is 11. The largest absolute Gasteiger partial charge is 0.497 e. The highest BCUT2D eigenvalue weighted by Crippen LogP contribution is 2.26. The zero-order valence-corrected chi connectivity index (χ0v) is 41.7. The Morgan fingerprint density at radius 3 is 2.00 bits per heavy atom. The molecular weight excluding hydrogens is 953 g/mol. The summed E-state index contributed by atoms with van der Waals surface area (Å²) < 4.78 is 5.25. The van der Waals surface area contributed by atoms with Gasteiger partial charge in [-0.25, -0.2) is 0 Å². The van der Waals surface area contributed by atoms with Gasteiger partial charge in [0.25, 0.3) is 0 Å². The van der Waals surface area contributed by atoms with E-state index >= 15 is 0 Å². The Morgan fingerprint density at radius 1 is 0.786 bits per heavy atom. The van der Waals surface area contributed by atoms with Crippen LogP contribution in [0, 0.1) is 11.8 Å². The van der Waals surface area contributed by atoms with E-state index in [1.807, 2.05) is 13.8 Å². The monoisotopic (exact) mass is 1020 g/mol. The van der Waals surface area contributed by atoms with Crippen molar-refractivity contribution in [3.05, 3.63) is 29.8 Å². The van der Waals surface area contributed by atoms with Crippen molar-refractivity contribution in [1.82, 2.24) is 42.1 Å². The Labute approximate surface area is 414 Å². The average molecular weight is 1020 g/mol. The second-order valence-corrected chi connectivity index (χ2v) is 20.1. The highest BCUT2D eigenvalue weighted by Gasteiger charge is 2.41. The molecule has 0 aromatic heterocycles. The molecule has 1 aromatic rings. The Balaban J connectivity index is 2.06. The van der Waals surface area contributed by atoms with Gasteiger partial charge in [0.15, 0.2) is 0 Å². The quantitative estimate of drug-likeness (QED) is 0.0642. The minimum atomic E-state index is -1.74. The number of nitrogens with one attached hydrogen (secondary N) is 7. The van der Waals surface area contributed by atoms with Gasteiger partial charge in [-0.05, 0) is 55.2 Å². The Kier molecular flexibility index (Phi) is 23.7. The van der Waals surface area contributed by atoms with E-state index in [2.05, 4.69) is 37.2 Å². The molecule has 11 amide bonds. The average Bonchev–Trinajstić information content (AvgIpc) is 3.80. The Hall–Kier alpha value is -6.15. The molecule has 0 bridgehead atoms. The summed E-state index contributed by atoms with van der Waals surface area (Å²) in [5, 5.41) is 18.0. The van der Waals surface area contributed by atoms with Gasteiger partial charge >= 0.3 is 0 Å². The molecule has 0 saturated carbocycles. The van der Waals surface area contributed by atoms with Crippen LogP contribution in [0.5, 0.6) is 5.75 Å². The molecule has 0 aliphatic carbocycles. The van der Waals surface area contributed by atoms with Gasteiger partial charge in [-0.15, -0.1) is 0 Å². The number of primary amides is 3. The summed E-state index contributed by atoms with van der Waals surface area (Å²) in [4.78, 5) is 148. The van der Waals surface area contributed by atoms with Crippen molar-refractivity contribution in [1.29, 1.82) is 0 Å². The number of methoxy groups -OCH3 is 1. The normalized spacial score (nSPS) is 24.1. The van der Waals surface area contributed by atoms with Crippen LogP contribution in [0.4, 0.5) is 0 Å². The molecule has 70 heavy (non-hydrogen) atoms. The van der Waals surface area contributed by atoms with Gasteiger partial charge in [-0.2, -0.15) is 0 Å². The Bertz CT molecular complexity index is 2060. The fraction of sp³-hybridized carbons (Fsp3) is 0.614. The lowest BCUT2D eigenvalue weighted by Crippen LogP contribution is -2.61. The van der Waals surface area contributed by atoms with E-state index in [0.717, 1.165) is 21.6 Å². The molecule has 0 radical (unpaired) electrons. The molecule has 388 valence electrons. The molecule has 1 aromatic carbocycles. The van der Waals surface area contributed by atoms with Crippen LogP contribution >= 0.6 is 21.6 Å². The van der Waals surface area contributed by atoms with E-state index < -0.39 is 139 Å². The summed E-state index contributed by atoms with van der Waals surface area (Å²) >= 11 is 0. The highest BCUT2D eigenvalue weighted by molar-refractivity contribution is 8.76. The molecule has 15 N–H and O–H groups in total. The number of likely N-dealkylation sites (tertiary alicyclic amines) is 1. The molecule has 2 heterocycles. The van der Waals surface area contributed by atoms with Gasteiger partial charge in [0, 0.05) is 30.9 Å². The Morgan fingerprint density at radius 2 is 1.40 bits per heavy atom. The predicted molar refractivity (Wildman–Crippen MR) is 259 cm³/mol. The number of nitrogens with zero attached hydrogens (tertiary/aromatic N) is 1. The van der Waals surface area contributed by atoms with Crippen molar-refractivity contribution in [2.75, 3.05) is 31.7 Å². The van der Waals surface area contributed by atoms with Crippen LogP contribution in [0.1, 0.15) is 78.2 Å². The number of carbonyl (C=O) groups excluding carboxylic acids is 11. The SMILES string of the molecule is CC[C@H](C)[C@@H]1NC(=O)[C@H](Cc2ccc(OC)cc2)NC(=O)[C@@H](N)CSSC[C@@H](C(=O)N2CCC[C@H]2C(=O)N[C@@H](CC(C)C)C(=O)NCC(N)=O)NC(=O)[C@H](CC(N)=O)NC(=O)[C@H](CCC(N)=O)NC1=O. The first-order valence-corrected chi connectivity index (χ1v) is 25.4. The maximum absolute atomic E-state index is 14.5. The number of hydrogen-bond donors (Lipinski definition) is 11. The minimum Gasteiger partial charge on any atom is -0.497 e. The van der Waals surface area contributed by atoms with E-state index in [9.17, 15) is 52.7 Å². The number of benzene rings is 1. The van der Waals surface area contributed by atoms with E-state index in [-0.39, 0.29) is 49.7 Å². The topological polar surface area (TPSA) is 389 Å². The molecule has 26 heteroatoms. The molecule has 2 fully saturated rings. The van der Waals surface area contributed by atoms with Crippen LogP contribution in [-0.2, 0) is 59.2 Å². The van der Waals surface area contributed by atoms with Gasteiger partial charge in [-0.1, -0.05) is 67.8 Å². The highest BCUT2D eigenvalue weighted by atomic mass is 33.1. The zero-order valence-electron chi connectivity index (χ0n) is 40.0. The summed E-state index contributed by atoms with van der Waals surface area (Å²) in [6, 6.07) is -4.06. The van der Waals surface area contributed by atoms with Crippen LogP contribution < -0.4 is 64.9 Å². The maximum Gasteiger partial charge on any atom is 0.246 e. The van der Waals surface area contributed by atoms with Crippen molar-refractivity contribution >= 4 is 86.6 Å². The van der Waals surface area contributed by atoms with E-state index in [4.69, 9.17) is 27.7 Å². The second kappa shape index (κ2) is 28.5. The van der Waals surface area contributed by atoms with E-state index in [0.29, 0.717) is 24.2 Å². The third kappa shape index (κ3) is 18.6. The van der Waals surface area contributed by atoms with Gasteiger partial charge in [0.05, 0.1) is 26.1 Å². The van der Waals surface area contributed by atoms with Crippen LogP contribution in [-0.4, -0.2) is 150 Å². The summed E-state index contributed by atoms with van der Waals surface area (Å²) in [7, 11) is 3.56. The fourth-order valence-corrected chi connectivity index (χ4v) is 9.75. The summed E-state index contributed by atoms with van der Waals surface area (Å²) in [5.74, 6) is -9.62. The first-order valence-electron chi connectivity index (χ1n) is 22.9. The van der Waals surface area contributed by atoms with Crippen molar-refractivity contribution < 1.29 is 57.5 Å². The number of hydrogen-bond acceptors (Lipinski definition) is 15. The lowest BCUT2D eigenvalue weighted by Gasteiger charge is -2.31. The first-order chi connectivity index (χ1) is 33.0. The predicted octanol–water partition coefficient (Wildman–Crippen LogP) is -3.31. The molecule has 2 saturated heterocycles. The van der Waals surface area contributed by atoms with Gasteiger partial charge in [0.2, 0.25) is 65.0 Å². The summed E-state index contributed by atoms with van der Waals surface area (Å²) in [5.41, 5.74) is 23.1. The molecule has 24 nitrogen and oxygen atoms in total. The first kappa shape index (κ1) is 58.2. The molecule has 9 atom stereocenters. The van der Waals surface area contributed by atoms with Crippen LogP contribution in [0.3, 0.4) is 0 Å². The van der Waals surface area contributed by atoms with Gasteiger partial charge in [-0.3, -0.25) is 52.7 Å². The third-order valence-electron chi connectivity index (χ3n) is 11.5. The van der Waals surface area contributed by atoms with E-state index in [1.165, 1.54) is 12.0 Å². The number of nitrogens with two attached hydrogens (primary N) is 4. The molecule has 3 rings (SSSR count). The standard InChI is InChI=1S/C44H68N12O12S2/c1-6-23(4)36-43(66)50-27(13-14-33(46)57)39(62)52-30(18-34(47)58)40(63)54-31(44(67)56-15-7-8-32(56)42(65)53-28(16-22(2)3)38(61)49-19-35(48)59)21-70-69-20-26(45)37(60)51-29(41(64)55-36)17-24-9-11-25(68-5)12-10-24/h9-12,22-23,26-32,36H,6-8,13-21,45H2,1-5H3,(H2,46,57)(H2,47,58)(H2,48,59)(H,49,61)(H,50,66)(H,51,60)(H,52,62)(H,53,65)(H,54,63)(H,55,64)/t23-,26-,27-,28-,29-,30-,31-,32-,36-/m0/s1. The molecular formula is C44H68N12O12S2. The number of rotatable bonds is 18. The van der Waals surface area contributed by atoms with Crippen LogP contribution in [0.25, 0.3) is 0 Å². The molecule has 0 spiro atoms.